The zero-order valence-corrected chi connectivity index (χ0v) is 11.0. The molecule has 0 aromatic carbocycles. The largest absolute Gasteiger partial charge is 0.372 e. The summed E-state index contributed by atoms with van der Waals surface area (Å²) >= 11 is 0. The second-order valence-corrected chi connectivity index (χ2v) is 4.89. The van der Waals surface area contributed by atoms with E-state index in [4.69, 9.17) is 0 Å². The summed E-state index contributed by atoms with van der Waals surface area (Å²) in [5.74, 6) is 1.84. The number of hydrogen-bond acceptors (Lipinski definition) is 4. The Hall–Kier alpha value is -1.32. The van der Waals surface area contributed by atoms with E-state index >= 15 is 0 Å². The molecule has 17 heavy (non-hydrogen) atoms. The highest BCUT2D eigenvalue weighted by Crippen LogP contribution is 2.38. The van der Waals surface area contributed by atoms with E-state index in [1.54, 1.807) is 6.20 Å². The third-order valence-corrected chi connectivity index (χ3v) is 4.14. The van der Waals surface area contributed by atoms with Gasteiger partial charge in [0.15, 0.2) is 0 Å². The maximum absolute atomic E-state index is 4.56. The smallest absolute Gasteiger partial charge is 0.149 e. The average Bonchev–Trinajstić information content (AvgIpc) is 2.84. The molecule has 4 nitrogen and oxygen atoms in total. The van der Waals surface area contributed by atoms with E-state index in [-0.39, 0.29) is 0 Å². The lowest BCUT2D eigenvalue weighted by atomic mass is 9.82. The molecule has 1 aromatic heterocycles. The van der Waals surface area contributed by atoms with Gasteiger partial charge < -0.3 is 10.2 Å². The van der Waals surface area contributed by atoms with Gasteiger partial charge in [-0.3, -0.25) is 4.98 Å². The number of anilines is 2. The molecule has 0 spiro atoms. The van der Waals surface area contributed by atoms with Crippen LogP contribution in [0.25, 0.3) is 0 Å². The molecule has 1 aliphatic heterocycles. The Balaban J connectivity index is 2.14. The highest BCUT2D eigenvalue weighted by Gasteiger charge is 2.35. The van der Waals surface area contributed by atoms with Crippen LogP contribution < -0.4 is 10.2 Å². The van der Waals surface area contributed by atoms with Crippen LogP contribution in [0.3, 0.4) is 0 Å². The monoisotopic (exact) mass is 234 g/mol. The predicted octanol–water partition coefficient (Wildman–Crippen LogP) is 2.53. The van der Waals surface area contributed by atoms with E-state index in [0.717, 1.165) is 24.7 Å². The van der Waals surface area contributed by atoms with Crippen LogP contribution in [0.1, 0.15) is 33.1 Å². The summed E-state index contributed by atoms with van der Waals surface area (Å²) in [7, 11) is 1.88. The van der Waals surface area contributed by atoms with Crippen LogP contribution in [0.4, 0.5) is 11.6 Å². The molecule has 1 aromatic rings. The fourth-order valence-corrected chi connectivity index (χ4v) is 2.59. The van der Waals surface area contributed by atoms with Crippen molar-refractivity contribution in [2.75, 3.05) is 30.4 Å². The minimum absolute atomic E-state index is 0.483. The van der Waals surface area contributed by atoms with Crippen LogP contribution in [0.15, 0.2) is 12.4 Å². The van der Waals surface area contributed by atoms with Crippen molar-refractivity contribution in [3.8, 4) is 0 Å². The number of hydrogen-bond donors (Lipinski definition) is 1. The van der Waals surface area contributed by atoms with E-state index in [9.17, 15) is 0 Å². The van der Waals surface area contributed by atoms with E-state index in [1.165, 1.54) is 19.3 Å². The molecule has 0 atom stereocenters. The van der Waals surface area contributed by atoms with Crippen LogP contribution >= 0.6 is 0 Å². The molecule has 4 heteroatoms. The Bertz CT molecular complexity index is 373. The molecule has 2 heterocycles. The Labute approximate surface area is 103 Å². The van der Waals surface area contributed by atoms with Gasteiger partial charge >= 0.3 is 0 Å². The molecule has 1 fully saturated rings. The van der Waals surface area contributed by atoms with Gasteiger partial charge in [-0.2, -0.15) is 0 Å². The topological polar surface area (TPSA) is 41.1 Å². The fraction of sp³-hybridized carbons (Fsp3) is 0.692. The van der Waals surface area contributed by atoms with Crippen LogP contribution in [-0.4, -0.2) is 30.1 Å². The fourth-order valence-electron chi connectivity index (χ4n) is 2.59. The van der Waals surface area contributed by atoms with Crippen molar-refractivity contribution in [2.24, 2.45) is 5.41 Å². The average molecular weight is 234 g/mol. The molecule has 1 N–H and O–H groups in total. The van der Waals surface area contributed by atoms with E-state index in [0.29, 0.717) is 5.41 Å². The summed E-state index contributed by atoms with van der Waals surface area (Å²) in [5, 5.41) is 3.04. The number of nitrogens with one attached hydrogen (secondary N) is 1. The first-order chi connectivity index (χ1) is 8.23. The molecule has 0 saturated carbocycles. The van der Waals surface area contributed by atoms with Crippen LogP contribution in [-0.2, 0) is 0 Å². The molecule has 94 valence electrons. The molecule has 2 rings (SSSR count). The molecule has 1 aliphatic rings. The Kier molecular flexibility index (Phi) is 3.50. The molecule has 0 bridgehead atoms. The zero-order valence-electron chi connectivity index (χ0n) is 11.0. The van der Waals surface area contributed by atoms with Crippen molar-refractivity contribution in [1.29, 1.82) is 0 Å². The first kappa shape index (κ1) is 12.1. The standard InChI is InChI=1S/C13H22N4/c1-4-13(5-2)6-7-17(10-13)12-9-15-8-11(14-3)16-12/h8-9H,4-7,10H2,1-3H3,(H,14,16). The second-order valence-electron chi connectivity index (χ2n) is 4.89. The van der Waals surface area contributed by atoms with Gasteiger partial charge in [-0.25, -0.2) is 4.98 Å². The normalized spacial score (nSPS) is 18.4. The molecule has 0 unspecified atom stereocenters. The van der Waals surface area contributed by atoms with Gasteiger partial charge in [0.1, 0.15) is 11.6 Å². The van der Waals surface area contributed by atoms with Crippen molar-refractivity contribution >= 4 is 11.6 Å². The third kappa shape index (κ3) is 2.35. The lowest BCUT2D eigenvalue weighted by molar-refractivity contribution is 0.301. The summed E-state index contributed by atoms with van der Waals surface area (Å²) in [6.45, 7) is 6.80. The molecular formula is C13H22N4. The van der Waals surface area contributed by atoms with Gasteiger partial charge in [0, 0.05) is 20.1 Å². The van der Waals surface area contributed by atoms with Crippen LogP contribution in [0.2, 0.25) is 0 Å². The van der Waals surface area contributed by atoms with Crippen molar-refractivity contribution in [3.63, 3.8) is 0 Å². The van der Waals surface area contributed by atoms with Gasteiger partial charge in [0.25, 0.3) is 0 Å². The highest BCUT2D eigenvalue weighted by atomic mass is 15.2. The maximum atomic E-state index is 4.56. The van der Waals surface area contributed by atoms with E-state index < -0.39 is 0 Å². The summed E-state index contributed by atoms with van der Waals surface area (Å²) in [6, 6.07) is 0. The Morgan fingerprint density at radius 1 is 1.35 bits per heavy atom. The molecule has 0 aliphatic carbocycles. The van der Waals surface area contributed by atoms with Gasteiger partial charge in [0.05, 0.1) is 12.4 Å². The SMILES string of the molecule is CCC1(CC)CCN(c2cncc(NC)n2)C1. The van der Waals surface area contributed by atoms with Gasteiger partial charge in [-0.1, -0.05) is 13.8 Å². The zero-order chi connectivity index (χ0) is 12.3. The molecule has 0 radical (unpaired) electrons. The Morgan fingerprint density at radius 2 is 2.12 bits per heavy atom. The summed E-state index contributed by atoms with van der Waals surface area (Å²) in [5.41, 5.74) is 0.483. The third-order valence-electron chi connectivity index (χ3n) is 4.14. The lowest BCUT2D eigenvalue weighted by Gasteiger charge is -2.26. The van der Waals surface area contributed by atoms with Gasteiger partial charge in [-0.05, 0) is 24.7 Å². The highest BCUT2D eigenvalue weighted by molar-refractivity contribution is 5.44. The van der Waals surface area contributed by atoms with Gasteiger partial charge in [0.2, 0.25) is 0 Å². The molecule has 1 saturated heterocycles. The van der Waals surface area contributed by atoms with Crippen molar-refractivity contribution in [1.82, 2.24) is 9.97 Å². The van der Waals surface area contributed by atoms with E-state index in [1.807, 2.05) is 13.2 Å². The lowest BCUT2D eigenvalue weighted by Crippen LogP contribution is -2.26. The summed E-state index contributed by atoms with van der Waals surface area (Å²) in [4.78, 5) is 11.2. The van der Waals surface area contributed by atoms with Crippen molar-refractivity contribution < 1.29 is 0 Å². The Morgan fingerprint density at radius 3 is 2.71 bits per heavy atom. The van der Waals surface area contributed by atoms with Crippen LogP contribution in [0.5, 0.6) is 0 Å². The first-order valence-corrected chi connectivity index (χ1v) is 6.48. The molecular weight excluding hydrogens is 212 g/mol. The summed E-state index contributed by atoms with van der Waals surface area (Å²) in [6.07, 6.45) is 7.39. The quantitative estimate of drug-likeness (QED) is 0.869. The molecule has 0 amide bonds. The van der Waals surface area contributed by atoms with Crippen molar-refractivity contribution in [2.45, 2.75) is 33.1 Å². The first-order valence-electron chi connectivity index (χ1n) is 6.48. The number of nitrogens with zero attached hydrogens (tertiary/aromatic N) is 3. The minimum atomic E-state index is 0.483. The van der Waals surface area contributed by atoms with E-state index in [2.05, 4.69) is 34.0 Å². The minimum Gasteiger partial charge on any atom is -0.372 e. The second kappa shape index (κ2) is 4.90. The predicted molar refractivity (Wildman–Crippen MR) is 71.4 cm³/mol. The number of aromatic nitrogens is 2. The number of rotatable bonds is 4. The van der Waals surface area contributed by atoms with Crippen molar-refractivity contribution in [3.05, 3.63) is 12.4 Å². The van der Waals surface area contributed by atoms with Gasteiger partial charge in [-0.15, -0.1) is 0 Å². The van der Waals surface area contributed by atoms with Crippen LogP contribution in [0, 0.1) is 5.41 Å². The maximum Gasteiger partial charge on any atom is 0.149 e. The summed E-state index contributed by atoms with van der Waals surface area (Å²) < 4.78 is 0.